The summed E-state index contributed by atoms with van der Waals surface area (Å²) in [6, 6.07) is -0.766. The molecule has 0 aromatic heterocycles. The molecule has 0 aromatic rings. The van der Waals surface area contributed by atoms with E-state index in [2.05, 4.69) is 10.6 Å². The van der Waals surface area contributed by atoms with Crippen LogP contribution in [0, 0.1) is 0 Å². The van der Waals surface area contributed by atoms with E-state index in [-0.39, 0.29) is 12.5 Å². The molecule has 3 N–H and O–H groups in total. The van der Waals surface area contributed by atoms with Gasteiger partial charge in [-0.25, -0.2) is 9.59 Å². The summed E-state index contributed by atoms with van der Waals surface area (Å²) in [6.07, 6.45) is 22.3. The molecular formula is C26H49N3O4. The predicted octanol–water partition coefficient (Wildman–Crippen LogP) is 6.61. The Hall–Kier alpha value is -1.79. The topological polar surface area (TPSA) is 98.7 Å². The summed E-state index contributed by atoms with van der Waals surface area (Å²) in [5.41, 5.74) is 0. The van der Waals surface area contributed by atoms with Crippen molar-refractivity contribution in [2.45, 2.75) is 128 Å². The Labute approximate surface area is 201 Å². The molecule has 1 fully saturated rings. The lowest BCUT2D eigenvalue weighted by molar-refractivity contribution is -0.137. The fourth-order valence-electron chi connectivity index (χ4n) is 4.40. The lowest BCUT2D eigenvalue weighted by Gasteiger charge is -2.23. The number of hydrogen-bond donors (Lipinski definition) is 3. The van der Waals surface area contributed by atoms with Crippen molar-refractivity contribution in [2.75, 3.05) is 19.6 Å². The summed E-state index contributed by atoms with van der Waals surface area (Å²) in [7, 11) is 0. The molecule has 0 radical (unpaired) electrons. The molecule has 0 atom stereocenters. The average molecular weight is 468 g/mol. The molecule has 7 nitrogen and oxygen atoms in total. The smallest absolute Gasteiger partial charge is 0.325 e. The van der Waals surface area contributed by atoms with E-state index < -0.39 is 12.0 Å². The van der Waals surface area contributed by atoms with Crippen LogP contribution in [-0.2, 0) is 4.79 Å². The molecule has 0 unspecified atom stereocenters. The van der Waals surface area contributed by atoms with Gasteiger partial charge in [0, 0.05) is 26.1 Å². The standard InChI is InChI=1S/C26H49N3O4/c30-24(31)20-16-15-17-21-27-25(32)28-26(33)29-22-18-13-11-9-7-5-3-1-2-4-6-8-10-12-14-19-23-29/h1-23H2,(H,30,31)(H2,27,28,32,33). The van der Waals surface area contributed by atoms with Crippen molar-refractivity contribution in [3.05, 3.63) is 0 Å². The zero-order valence-corrected chi connectivity index (χ0v) is 20.9. The lowest BCUT2D eigenvalue weighted by Crippen LogP contribution is -2.47. The molecule has 0 aromatic carbocycles. The van der Waals surface area contributed by atoms with Crippen LogP contribution in [0.2, 0.25) is 0 Å². The van der Waals surface area contributed by atoms with Crippen LogP contribution >= 0.6 is 0 Å². The quantitative estimate of drug-likeness (QED) is 0.383. The minimum Gasteiger partial charge on any atom is -0.481 e. The highest BCUT2D eigenvalue weighted by Gasteiger charge is 2.15. The van der Waals surface area contributed by atoms with Gasteiger partial charge in [0.05, 0.1) is 0 Å². The number of amides is 4. The maximum Gasteiger partial charge on any atom is 0.325 e. The third kappa shape index (κ3) is 18.3. The van der Waals surface area contributed by atoms with E-state index in [9.17, 15) is 14.4 Å². The predicted molar refractivity (Wildman–Crippen MR) is 133 cm³/mol. The molecule has 1 aliphatic heterocycles. The van der Waals surface area contributed by atoms with E-state index >= 15 is 0 Å². The van der Waals surface area contributed by atoms with Crippen LogP contribution in [0.1, 0.15) is 128 Å². The number of carbonyl (C=O) groups is 3. The summed E-state index contributed by atoms with van der Waals surface area (Å²) in [6.45, 7) is 1.85. The molecule has 0 aliphatic carbocycles. The van der Waals surface area contributed by atoms with E-state index in [0.29, 0.717) is 32.5 Å². The van der Waals surface area contributed by atoms with Gasteiger partial charge in [-0.15, -0.1) is 0 Å². The molecule has 1 rings (SSSR count). The summed E-state index contributed by atoms with van der Waals surface area (Å²) in [5, 5.41) is 13.8. The zero-order chi connectivity index (χ0) is 24.0. The monoisotopic (exact) mass is 467 g/mol. The van der Waals surface area contributed by atoms with Crippen molar-refractivity contribution < 1.29 is 19.5 Å². The molecule has 0 spiro atoms. The molecule has 4 amide bonds. The molecule has 192 valence electrons. The SMILES string of the molecule is O=C(O)CCCCCNC(=O)NC(=O)N1CCCCCCCCCCCCCCCCCC1. The van der Waals surface area contributed by atoms with E-state index in [0.717, 1.165) is 32.1 Å². The Bertz CT molecular complexity index is 508. The third-order valence-electron chi connectivity index (χ3n) is 6.47. The Kier molecular flexibility index (Phi) is 18.4. The number of hydrogen-bond acceptors (Lipinski definition) is 3. The van der Waals surface area contributed by atoms with Gasteiger partial charge in [0.1, 0.15) is 0 Å². The first-order chi connectivity index (χ1) is 16.1. The highest BCUT2D eigenvalue weighted by Crippen LogP contribution is 2.15. The zero-order valence-electron chi connectivity index (χ0n) is 20.9. The largest absolute Gasteiger partial charge is 0.481 e. The molecule has 1 saturated heterocycles. The highest BCUT2D eigenvalue weighted by molar-refractivity contribution is 5.93. The van der Waals surface area contributed by atoms with Gasteiger partial charge in [-0.3, -0.25) is 10.1 Å². The summed E-state index contributed by atoms with van der Waals surface area (Å²) >= 11 is 0. The second-order valence-corrected chi connectivity index (χ2v) is 9.53. The molecule has 1 heterocycles. The lowest BCUT2D eigenvalue weighted by atomic mass is 10.0. The second-order valence-electron chi connectivity index (χ2n) is 9.53. The molecule has 0 bridgehead atoms. The number of urea groups is 2. The van der Waals surface area contributed by atoms with E-state index in [1.807, 2.05) is 0 Å². The number of carboxylic acid groups (broad SMARTS) is 1. The van der Waals surface area contributed by atoms with Gasteiger partial charge in [-0.2, -0.15) is 0 Å². The van der Waals surface area contributed by atoms with Crippen LogP contribution in [-0.4, -0.2) is 47.7 Å². The van der Waals surface area contributed by atoms with Gasteiger partial charge >= 0.3 is 18.0 Å². The van der Waals surface area contributed by atoms with E-state index in [1.54, 1.807) is 4.90 Å². The Morgan fingerprint density at radius 3 is 1.45 bits per heavy atom. The molecule has 1 aliphatic rings. The first kappa shape index (κ1) is 29.2. The Balaban J connectivity index is 2.34. The first-order valence-corrected chi connectivity index (χ1v) is 13.6. The summed E-state index contributed by atoms with van der Waals surface area (Å²) in [4.78, 5) is 37.1. The first-order valence-electron chi connectivity index (χ1n) is 13.6. The van der Waals surface area contributed by atoms with E-state index in [4.69, 9.17) is 5.11 Å². The molecule has 7 heteroatoms. The number of rotatable bonds is 6. The number of nitrogens with zero attached hydrogens (tertiary/aromatic N) is 1. The summed E-state index contributed by atoms with van der Waals surface area (Å²) < 4.78 is 0. The van der Waals surface area contributed by atoms with Crippen LogP contribution in [0.3, 0.4) is 0 Å². The van der Waals surface area contributed by atoms with Gasteiger partial charge in [0.2, 0.25) is 0 Å². The molecule has 33 heavy (non-hydrogen) atoms. The molecular weight excluding hydrogens is 418 g/mol. The Morgan fingerprint density at radius 2 is 1.03 bits per heavy atom. The minimum atomic E-state index is -0.795. The molecule has 0 saturated carbocycles. The fourth-order valence-corrected chi connectivity index (χ4v) is 4.40. The van der Waals surface area contributed by atoms with Crippen molar-refractivity contribution in [1.82, 2.24) is 15.5 Å². The average Bonchev–Trinajstić information content (AvgIpc) is 2.78. The van der Waals surface area contributed by atoms with Gasteiger partial charge in [-0.1, -0.05) is 96.3 Å². The van der Waals surface area contributed by atoms with Gasteiger partial charge in [-0.05, 0) is 25.7 Å². The van der Waals surface area contributed by atoms with Crippen LogP contribution in [0.25, 0.3) is 0 Å². The summed E-state index contributed by atoms with van der Waals surface area (Å²) in [5.74, 6) is -0.795. The second kappa shape index (κ2) is 20.8. The number of imide groups is 1. The number of nitrogens with one attached hydrogen (secondary N) is 2. The fraction of sp³-hybridized carbons (Fsp3) is 0.885. The third-order valence-corrected chi connectivity index (χ3v) is 6.47. The van der Waals surface area contributed by atoms with Crippen molar-refractivity contribution in [2.24, 2.45) is 0 Å². The van der Waals surface area contributed by atoms with Gasteiger partial charge in [0.15, 0.2) is 0 Å². The van der Waals surface area contributed by atoms with E-state index in [1.165, 1.54) is 77.0 Å². The number of carboxylic acids is 1. The van der Waals surface area contributed by atoms with Crippen LogP contribution in [0.4, 0.5) is 9.59 Å². The van der Waals surface area contributed by atoms with Crippen LogP contribution in [0.15, 0.2) is 0 Å². The Morgan fingerprint density at radius 1 is 0.606 bits per heavy atom. The van der Waals surface area contributed by atoms with Crippen molar-refractivity contribution in [3.63, 3.8) is 0 Å². The minimum absolute atomic E-state index is 0.152. The normalized spacial score (nSPS) is 18.4. The number of unbranched alkanes of at least 4 members (excludes halogenated alkanes) is 2. The number of carbonyl (C=O) groups excluding carboxylic acids is 2. The van der Waals surface area contributed by atoms with Crippen LogP contribution in [0.5, 0.6) is 0 Å². The van der Waals surface area contributed by atoms with Gasteiger partial charge in [0.25, 0.3) is 0 Å². The van der Waals surface area contributed by atoms with Crippen molar-refractivity contribution in [1.29, 1.82) is 0 Å². The van der Waals surface area contributed by atoms with Crippen molar-refractivity contribution in [3.8, 4) is 0 Å². The highest BCUT2D eigenvalue weighted by atomic mass is 16.4. The maximum atomic E-state index is 12.7. The number of aliphatic carboxylic acids is 1. The van der Waals surface area contributed by atoms with Gasteiger partial charge < -0.3 is 15.3 Å². The van der Waals surface area contributed by atoms with Crippen LogP contribution < -0.4 is 10.6 Å². The maximum absolute atomic E-state index is 12.7. The van der Waals surface area contributed by atoms with Crippen molar-refractivity contribution >= 4 is 18.0 Å².